The van der Waals surface area contributed by atoms with Crippen molar-refractivity contribution in [2.24, 2.45) is 5.92 Å². The third-order valence-electron chi connectivity index (χ3n) is 3.54. The third-order valence-corrected chi connectivity index (χ3v) is 3.54. The number of imidazole rings is 1. The van der Waals surface area contributed by atoms with Gasteiger partial charge in [0.1, 0.15) is 0 Å². The zero-order valence-corrected chi connectivity index (χ0v) is 10.3. The van der Waals surface area contributed by atoms with Gasteiger partial charge in [0.05, 0.1) is 12.2 Å². The van der Waals surface area contributed by atoms with E-state index in [-0.39, 0.29) is 11.9 Å². The van der Waals surface area contributed by atoms with Crippen molar-refractivity contribution in [1.82, 2.24) is 14.5 Å². The standard InChI is InChI=1S/C12H17N3O3/c1-9-10(12(17)18)2-6-15(9)11(16)3-5-14-7-4-13-8-14/h4,7-10H,2-3,5-6H2,1H3,(H,17,18). The van der Waals surface area contributed by atoms with Crippen molar-refractivity contribution >= 4 is 11.9 Å². The normalized spacial score (nSPS) is 23.3. The van der Waals surface area contributed by atoms with Crippen molar-refractivity contribution in [1.29, 1.82) is 0 Å². The number of likely N-dealkylation sites (tertiary alicyclic amines) is 1. The van der Waals surface area contributed by atoms with Crippen LogP contribution in [0.2, 0.25) is 0 Å². The number of aliphatic carboxylic acids is 1. The number of aromatic nitrogens is 2. The maximum absolute atomic E-state index is 12.0. The first-order chi connectivity index (χ1) is 8.59. The smallest absolute Gasteiger partial charge is 0.308 e. The van der Waals surface area contributed by atoms with E-state index in [9.17, 15) is 9.59 Å². The topological polar surface area (TPSA) is 75.4 Å². The minimum absolute atomic E-state index is 0.0138. The highest BCUT2D eigenvalue weighted by Gasteiger charge is 2.37. The lowest BCUT2D eigenvalue weighted by atomic mass is 10.0. The fourth-order valence-electron chi connectivity index (χ4n) is 2.41. The van der Waals surface area contributed by atoms with Gasteiger partial charge in [-0.1, -0.05) is 0 Å². The highest BCUT2D eigenvalue weighted by atomic mass is 16.4. The number of carboxylic acids is 1. The van der Waals surface area contributed by atoms with E-state index in [1.807, 2.05) is 4.57 Å². The summed E-state index contributed by atoms with van der Waals surface area (Å²) >= 11 is 0. The molecule has 6 nitrogen and oxygen atoms in total. The van der Waals surface area contributed by atoms with Crippen LogP contribution in [-0.2, 0) is 16.1 Å². The molecule has 1 saturated heterocycles. The van der Waals surface area contributed by atoms with Gasteiger partial charge >= 0.3 is 5.97 Å². The summed E-state index contributed by atoms with van der Waals surface area (Å²) in [4.78, 5) is 28.6. The van der Waals surface area contributed by atoms with E-state index in [0.29, 0.717) is 25.9 Å². The molecule has 2 heterocycles. The zero-order chi connectivity index (χ0) is 13.1. The molecule has 2 atom stereocenters. The van der Waals surface area contributed by atoms with Crippen LogP contribution in [0.15, 0.2) is 18.7 Å². The summed E-state index contributed by atoms with van der Waals surface area (Å²) in [6.07, 6.45) is 6.07. The molecule has 0 aromatic carbocycles. The minimum Gasteiger partial charge on any atom is -0.481 e. The number of carboxylic acid groups (broad SMARTS) is 1. The Morgan fingerprint density at radius 2 is 2.28 bits per heavy atom. The molecule has 0 radical (unpaired) electrons. The highest BCUT2D eigenvalue weighted by molar-refractivity contribution is 5.79. The second kappa shape index (κ2) is 5.20. The lowest BCUT2D eigenvalue weighted by molar-refractivity contribution is -0.143. The summed E-state index contributed by atoms with van der Waals surface area (Å²) in [7, 11) is 0. The van der Waals surface area contributed by atoms with Crippen LogP contribution in [0.3, 0.4) is 0 Å². The van der Waals surface area contributed by atoms with Crippen LogP contribution in [-0.4, -0.2) is 44.0 Å². The molecule has 1 aliphatic rings. The molecular weight excluding hydrogens is 234 g/mol. The van der Waals surface area contributed by atoms with Gasteiger partial charge in [0.15, 0.2) is 0 Å². The van der Waals surface area contributed by atoms with Gasteiger partial charge in [-0.15, -0.1) is 0 Å². The number of hydrogen-bond acceptors (Lipinski definition) is 3. The number of rotatable bonds is 4. The SMILES string of the molecule is CC1C(C(=O)O)CCN1C(=O)CCn1ccnc1. The molecule has 0 spiro atoms. The summed E-state index contributed by atoms with van der Waals surface area (Å²) in [5, 5.41) is 9.01. The highest BCUT2D eigenvalue weighted by Crippen LogP contribution is 2.24. The predicted molar refractivity (Wildman–Crippen MR) is 63.8 cm³/mol. The van der Waals surface area contributed by atoms with Crippen LogP contribution in [0, 0.1) is 5.92 Å². The third kappa shape index (κ3) is 2.52. The number of hydrogen-bond donors (Lipinski definition) is 1. The Hall–Kier alpha value is -1.85. The van der Waals surface area contributed by atoms with Gasteiger partial charge in [0.25, 0.3) is 0 Å². The van der Waals surface area contributed by atoms with Gasteiger partial charge in [-0.2, -0.15) is 0 Å². The molecule has 0 bridgehead atoms. The van der Waals surface area contributed by atoms with Crippen molar-refractivity contribution in [3.8, 4) is 0 Å². The fourth-order valence-corrected chi connectivity index (χ4v) is 2.41. The van der Waals surface area contributed by atoms with Gasteiger partial charge in [-0.3, -0.25) is 9.59 Å². The van der Waals surface area contributed by atoms with Crippen molar-refractivity contribution in [3.05, 3.63) is 18.7 Å². The molecule has 2 rings (SSSR count). The van der Waals surface area contributed by atoms with E-state index in [1.54, 1.807) is 30.5 Å². The minimum atomic E-state index is -0.813. The molecule has 98 valence electrons. The number of carbonyl (C=O) groups is 2. The Labute approximate surface area is 105 Å². The van der Waals surface area contributed by atoms with E-state index >= 15 is 0 Å². The first-order valence-corrected chi connectivity index (χ1v) is 6.07. The Bertz CT molecular complexity index is 430. The average molecular weight is 251 g/mol. The van der Waals surface area contributed by atoms with Crippen LogP contribution < -0.4 is 0 Å². The van der Waals surface area contributed by atoms with E-state index < -0.39 is 11.9 Å². The van der Waals surface area contributed by atoms with Crippen molar-refractivity contribution < 1.29 is 14.7 Å². The quantitative estimate of drug-likeness (QED) is 0.850. The summed E-state index contributed by atoms with van der Waals surface area (Å²) < 4.78 is 1.84. The molecule has 1 amide bonds. The molecule has 18 heavy (non-hydrogen) atoms. The van der Waals surface area contributed by atoms with Crippen LogP contribution in [0.4, 0.5) is 0 Å². The summed E-state index contributed by atoms with van der Waals surface area (Å²) in [6, 6.07) is -0.210. The van der Waals surface area contributed by atoms with E-state index in [0.717, 1.165) is 0 Å². The van der Waals surface area contributed by atoms with Gasteiger partial charge in [0, 0.05) is 37.9 Å². The first-order valence-electron chi connectivity index (χ1n) is 6.07. The molecule has 0 aliphatic carbocycles. The van der Waals surface area contributed by atoms with E-state index in [1.165, 1.54) is 0 Å². The average Bonchev–Trinajstić information content (AvgIpc) is 2.94. The van der Waals surface area contributed by atoms with Crippen molar-refractivity contribution in [2.75, 3.05) is 6.54 Å². The lowest BCUT2D eigenvalue weighted by Gasteiger charge is -2.23. The number of aryl methyl sites for hydroxylation is 1. The molecule has 1 aromatic heterocycles. The molecule has 1 fully saturated rings. The summed E-state index contributed by atoms with van der Waals surface area (Å²) in [5.41, 5.74) is 0. The molecule has 6 heteroatoms. The van der Waals surface area contributed by atoms with Gasteiger partial charge in [0.2, 0.25) is 5.91 Å². The molecular formula is C12H17N3O3. The van der Waals surface area contributed by atoms with E-state index in [2.05, 4.69) is 4.98 Å². The molecule has 0 saturated carbocycles. The fraction of sp³-hybridized carbons (Fsp3) is 0.583. The monoisotopic (exact) mass is 251 g/mol. The van der Waals surface area contributed by atoms with Crippen LogP contribution in [0.1, 0.15) is 19.8 Å². The zero-order valence-electron chi connectivity index (χ0n) is 10.3. The molecule has 1 N–H and O–H groups in total. The number of carbonyl (C=O) groups excluding carboxylic acids is 1. The van der Waals surface area contributed by atoms with Gasteiger partial charge in [-0.25, -0.2) is 4.98 Å². The molecule has 1 aliphatic heterocycles. The van der Waals surface area contributed by atoms with Crippen LogP contribution in [0.5, 0.6) is 0 Å². The van der Waals surface area contributed by atoms with Crippen molar-refractivity contribution in [3.63, 3.8) is 0 Å². The predicted octanol–water partition coefficient (Wildman–Crippen LogP) is 0.595. The van der Waals surface area contributed by atoms with Gasteiger partial charge < -0.3 is 14.6 Å². The summed E-state index contributed by atoms with van der Waals surface area (Å²) in [6.45, 7) is 2.93. The first kappa shape index (κ1) is 12.6. The Morgan fingerprint density at radius 3 is 2.83 bits per heavy atom. The maximum atomic E-state index is 12.0. The summed E-state index contributed by atoms with van der Waals surface area (Å²) in [5.74, 6) is -1.23. The number of nitrogens with zero attached hydrogens (tertiary/aromatic N) is 3. The number of amides is 1. The van der Waals surface area contributed by atoms with Crippen LogP contribution in [0.25, 0.3) is 0 Å². The second-order valence-electron chi connectivity index (χ2n) is 4.61. The Morgan fingerprint density at radius 1 is 1.50 bits per heavy atom. The lowest BCUT2D eigenvalue weighted by Crippen LogP contribution is -2.37. The van der Waals surface area contributed by atoms with E-state index in [4.69, 9.17) is 5.11 Å². The van der Waals surface area contributed by atoms with Gasteiger partial charge in [-0.05, 0) is 13.3 Å². The Kier molecular flexibility index (Phi) is 3.64. The van der Waals surface area contributed by atoms with Crippen molar-refractivity contribution in [2.45, 2.75) is 32.4 Å². The Balaban J connectivity index is 1.88. The largest absolute Gasteiger partial charge is 0.481 e. The maximum Gasteiger partial charge on any atom is 0.308 e. The molecule has 1 aromatic rings. The second-order valence-corrected chi connectivity index (χ2v) is 4.61. The van der Waals surface area contributed by atoms with Crippen LogP contribution >= 0.6 is 0 Å². The molecule has 2 unspecified atom stereocenters.